The molecular weight excluding hydrogens is 449 g/mol. The summed E-state index contributed by atoms with van der Waals surface area (Å²) in [6.07, 6.45) is -0.359. The number of nitrogens with zero attached hydrogens (tertiary/aromatic N) is 3. The Labute approximate surface area is 203 Å². The molecule has 1 aromatic heterocycles. The lowest BCUT2D eigenvalue weighted by Gasteiger charge is -2.30. The third kappa shape index (κ3) is 4.77. The Hall–Kier alpha value is -3.72. The average Bonchev–Trinajstić information content (AvgIpc) is 3.48. The van der Waals surface area contributed by atoms with Crippen LogP contribution in [0.1, 0.15) is 46.1 Å². The molecule has 1 atom stereocenters. The number of aromatic nitrogens is 2. The van der Waals surface area contributed by atoms with E-state index in [-0.39, 0.29) is 11.8 Å². The number of alkyl halides is 1. The number of amides is 2. The van der Waals surface area contributed by atoms with Crippen molar-refractivity contribution in [1.29, 1.82) is 0 Å². The predicted molar refractivity (Wildman–Crippen MR) is 130 cm³/mol. The molecule has 2 aliphatic heterocycles. The second-order valence-corrected chi connectivity index (χ2v) is 8.91. The van der Waals surface area contributed by atoms with Crippen LogP contribution in [-0.2, 0) is 22.6 Å². The van der Waals surface area contributed by atoms with E-state index < -0.39 is 12.3 Å². The van der Waals surface area contributed by atoms with Gasteiger partial charge < -0.3 is 19.9 Å². The van der Waals surface area contributed by atoms with Gasteiger partial charge in [0.2, 0.25) is 0 Å². The highest BCUT2D eigenvalue weighted by Crippen LogP contribution is 2.31. The normalized spacial score (nSPS) is 16.7. The molecule has 1 saturated heterocycles. The molecule has 2 N–H and O–H groups in total. The molecule has 0 saturated carbocycles. The van der Waals surface area contributed by atoms with Crippen LogP contribution < -0.4 is 10.2 Å². The number of H-pyrrole nitrogens is 1. The summed E-state index contributed by atoms with van der Waals surface area (Å²) in [5, 5.41) is 10.1. The molecule has 2 aliphatic rings. The number of fused-ring (bicyclic) bond motifs is 1. The van der Waals surface area contributed by atoms with Gasteiger partial charge in [-0.2, -0.15) is 5.10 Å². The van der Waals surface area contributed by atoms with E-state index in [4.69, 9.17) is 4.74 Å². The Bertz CT molecular complexity index is 1190. The van der Waals surface area contributed by atoms with Gasteiger partial charge in [-0.15, -0.1) is 0 Å². The van der Waals surface area contributed by atoms with E-state index in [0.717, 1.165) is 22.5 Å². The molecule has 9 heteroatoms. The first-order chi connectivity index (χ1) is 17.0. The smallest absolute Gasteiger partial charge is 0.256 e. The molecule has 2 amide bonds. The van der Waals surface area contributed by atoms with Gasteiger partial charge in [0.1, 0.15) is 6.17 Å². The van der Waals surface area contributed by atoms with Crippen molar-refractivity contribution in [2.45, 2.75) is 38.2 Å². The molecule has 35 heavy (non-hydrogen) atoms. The molecule has 0 unspecified atom stereocenters. The standard InChI is InChI=1S/C26H28FN5O3/c1-35-23(17-5-3-2-4-6-17)26(34)32-15-21-22(16-32)29-30-24(21)28-25(33)18-7-9-20(10-8-18)31-13-11-19(27)12-14-31/h2-10,19,23H,11-16H2,1H3,(H2,28,29,30,33)/t23-/m1/s1. The van der Waals surface area contributed by atoms with E-state index in [0.29, 0.717) is 50.4 Å². The predicted octanol–water partition coefficient (Wildman–Crippen LogP) is 3.83. The maximum absolute atomic E-state index is 13.4. The van der Waals surface area contributed by atoms with Crippen molar-refractivity contribution in [3.8, 4) is 0 Å². The van der Waals surface area contributed by atoms with Gasteiger partial charge in [0, 0.05) is 37.0 Å². The zero-order chi connectivity index (χ0) is 24.4. The second kappa shape index (κ2) is 9.87. The maximum Gasteiger partial charge on any atom is 0.256 e. The molecule has 5 rings (SSSR count). The molecule has 3 heterocycles. The van der Waals surface area contributed by atoms with Crippen molar-refractivity contribution >= 4 is 23.3 Å². The minimum Gasteiger partial charge on any atom is -0.371 e. The fraction of sp³-hybridized carbons (Fsp3) is 0.346. The zero-order valence-corrected chi connectivity index (χ0v) is 19.5. The van der Waals surface area contributed by atoms with Crippen LogP contribution in [0, 0.1) is 0 Å². The Morgan fingerprint density at radius 2 is 1.80 bits per heavy atom. The summed E-state index contributed by atoms with van der Waals surface area (Å²) in [6.45, 7) is 2.05. The van der Waals surface area contributed by atoms with E-state index in [1.807, 2.05) is 42.5 Å². The molecule has 1 fully saturated rings. The number of piperidine rings is 1. The monoisotopic (exact) mass is 477 g/mol. The van der Waals surface area contributed by atoms with Crippen molar-refractivity contribution < 1.29 is 18.7 Å². The summed E-state index contributed by atoms with van der Waals surface area (Å²) in [7, 11) is 1.52. The Morgan fingerprint density at radius 3 is 2.49 bits per heavy atom. The number of hydrogen-bond acceptors (Lipinski definition) is 5. The highest BCUT2D eigenvalue weighted by molar-refractivity contribution is 6.04. The highest BCUT2D eigenvalue weighted by Gasteiger charge is 2.33. The van der Waals surface area contributed by atoms with Crippen LogP contribution in [0.2, 0.25) is 0 Å². The quantitative estimate of drug-likeness (QED) is 0.563. The van der Waals surface area contributed by atoms with Gasteiger partial charge in [0.25, 0.3) is 11.8 Å². The minimum atomic E-state index is -0.725. The Kier molecular flexibility index (Phi) is 6.50. The summed E-state index contributed by atoms with van der Waals surface area (Å²) in [4.78, 5) is 29.8. The lowest BCUT2D eigenvalue weighted by molar-refractivity contribution is -0.143. The van der Waals surface area contributed by atoms with Gasteiger partial charge >= 0.3 is 0 Å². The summed E-state index contributed by atoms with van der Waals surface area (Å²) >= 11 is 0. The van der Waals surface area contributed by atoms with Gasteiger partial charge in [-0.25, -0.2) is 4.39 Å². The van der Waals surface area contributed by atoms with E-state index in [9.17, 15) is 14.0 Å². The first-order valence-corrected chi connectivity index (χ1v) is 11.8. The molecule has 2 aromatic carbocycles. The number of ether oxygens (including phenoxy) is 1. The molecule has 0 radical (unpaired) electrons. The van der Waals surface area contributed by atoms with E-state index in [1.54, 1.807) is 17.0 Å². The van der Waals surface area contributed by atoms with Crippen molar-refractivity contribution in [1.82, 2.24) is 15.1 Å². The number of aromatic amines is 1. The number of hydrogen-bond donors (Lipinski definition) is 2. The number of carbonyl (C=O) groups is 2. The second-order valence-electron chi connectivity index (χ2n) is 8.91. The molecule has 182 valence electrons. The van der Waals surface area contributed by atoms with Gasteiger partial charge in [0.05, 0.1) is 18.8 Å². The number of nitrogens with one attached hydrogen (secondary N) is 2. The molecule has 0 aliphatic carbocycles. The summed E-state index contributed by atoms with van der Waals surface area (Å²) in [5.74, 6) is -0.00632. The van der Waals surface area contributed by atoms with Crippen molar-refractivity contribution in [3.05, 3.63) is 77.0 Å². The number of halogens is 1. The lowest BCUT2D eigenvalue weighted by atomic mass is 10.1. The number of carbonyl (C=O) groups excluding carboxylic acids is 2. The third-order valence-corrected chi connectivity index (χ3v) is 6.68. The minimum absolute atomic E-state index is 0.145. The van der Waals surface area contributed by atoms with Crippen LogP contribution in [-0.4, -0.2) is 53.3 Å². The Morgan fingerprint density at radius 1 is 1.09 bits per heavy atom. The Balaban J connectivity index is 1.23. The van der Waals surface area contributed by atoms with Crippen LogP contribution in [0.15, 0.2) is 54.6 Å². The first kappa shape index (κ1) is 23.0. The van der Waals surface area contributed by atoms with Crippen molar-refractivity contribution in [3.63, 3.8) is 0 Å². The SMILES string of the molecule is CO[C@@H](C(=O)N1Cc2[nH]nc(NC(=O)c3ccc(N4CCC(F)CC4)cc3)c2C1)c1ccccc1. The third-order valence-electron chi connectivity index (χ3n) is 6.68. The fourth-order valence-electron chi connectivity index (χ4n) is 4.68. The van der Waals surface area contributed by atoms with Gasteiger partial charge in [-0.05, 0) is 42.7 Å². The van der Waals surface area contributed by atoms with Crippen molar-refractivity contribution in [2.24, 2.45) is 0 Å². The first-order valence-electron chi connectivity index (χ1n) is 11.8. The van der Waals surface area contributed by atoms with E-state index in [1.165, 1.54) is 7.11 Å². The molecule has 0 spiro atoms. The van der Waals surface area contributed by atoms with Crippen LogP contribution >= 0.6 is 0 Å². The molecular formula is C26H28FN5O3. The van der Waals surface area contributed by atoms with Crippen LogP contribution in [0.4, 0.5) is 15.9 Å². The topological polar surface area (TPSA) is 90.6 Å². The summed E-state index contributed by atoms with van der Waals surface area (Å²) < 4.78 is 18.9. The van der Waals surface area contributed by atoms with Crippen molar-refractivity contribution in [2.75, 3.05) is 30.4 Å². The van der Waals surface area contributed by atoms with E-state index in [2.05, 4.69) is 20.4 Å². The van der Waals surface area contributed by atoms with Crippen LogP contribution in [0.25, 0.3) is 0 Å². The van der Waals surface area contributed by atoms with Gasteiger partial charge in [-0.1, -0.05) is 30.3 Å². The number of benzene rings is 2. The highest BCUT2D eigenvalue weighted by atomic mass is 19.1. The van der Waals surface area contributed by atoms with Crippen LogP contribution in [0.3, 0.4) is 0 Å². The zero-order valence-electron chi connectivity index (χ0n) is 19.5. The van der Waals surface area contributed by atoms with Crippen LogP contribution in [0.5, 0.6) is 0 Å². The molecule has 0 bridgehead atoms. The van der Waals surface area contributed by atoms with Gasteiger partial charge in [0.15, 0.2) is 11.9 Å². The fourth-order valence-corrected chi connectivity index (χ4v) is 4.68. The summed E-state index contributed by atoms with van der Waals surface area (Å²) in [5.41, 5.74) is 3.86. The number of methoxy groups -OCH3 is 1. The molecule has 3 aromatic rings. The lowest BCUT2D eigenvalue weighted by Crippen LogP contribution is -2.34. The number of rotatable bonds is 6. The summed E-state index contributed by atoms with van der Waals surface area (Å²) in [6, 6.07) is 16.7. The number of anilines is 2. The maximum atomic E-state index is 13.4. The van der Waals surface area contributed by atoms with E-state index >= 15 is 0 Å². The molecule has 8 nitrogen and oxygen atoms in total. The average molecular weight is 478 g/mol. The largest absolute Gasteiger partial charge is 0.371 e. The van der Waals surface area contributed by atoms with Gasteiger partial charge in [-0.3, -0.25) is 14.7 Å².